The Hall–Kier alpha value is -1.53. The van der Waals surface area contributed by atoms with E-state index in [9.17, 15) is 18.7 Å². The molecule has 0 spiro atoms. The van der Waals surface area contributed by atoms with Gasteiger partial charge in [0.05, 0.1) is 6.10 Å². The first-order valence-electron chi connectivity index (χ1n) is 6.36. The highest BCUT2D eigenvalue weighted by Gasteiger charge is 2.29. The summed E-state index contributed by atoms with van der Waals surface area (Å²) in [5, 5.41) is 21.8. The second kappa shape index (κ2) is 6.76. The second-order valence-corrected chi connectivity index (χ2v) is 5.11. The molecular weight excluding hydrogens is 268 g/mol. The molecule has 0 amide bonds. The van der Waals surface area contributed by atoms with Crippen LogP contribution in [0.2, 0.25) is 0 Å². The summed E-state index contributed by atoms with van der Waals surface area (Å²) >= 11 is 0. The molecule has 6 heteroatoms. The molecule has 0 heterocycles. The van der Waals surface area contributed by atoms with Crippen molar-refractivity contribution in [3.63, 3.8) is 0 Å². The van der Waals surface area contributed by atoms with E-state index in [-0.39, 0.29) is 11.5 Å². The van der Waals surface area contributed by atoms with Crippen LogP contribution in [0.4, 0.5) is 8.78 Å². The Morgan fingerprint density at radius 3 is 2.35 bits per heavy atom. The summed E-state index contributed by atoms with van der Waals surface area (Å²) in [6, 6.07) is 1.20. The van der Waals surface area contributed by atoms with Crippen LogP contribution >= 0.6 is 0 Å². The number of hydrogen-bond donors (Lipinski definition) is 3. The molecule has 0 aliphatic heterocycles. The molecule has 0 radical (unpaired) electrons. The van der Waals surface area contributed by atoms with Crippen molar-refractivity contribution < 1.29 is 23.8 Å². The predicted molar refractivity (Wildman–Crippen MR) is 70.2 cm³/mol. The van der Waals surface area contributed by atoms with Crippen LogP contribution in [0.15, 0.2) is 18.2 Å². The Balaban J connectivity index is 3.02. The van der Waals surface area contributed by atoms with Crippen LogP contribution in [0.3, 0.4) is 0 Å². The minimum atomic E-state index is -1.34. The smallest absolute Gasteiger partial charge is 0.320 e. The maximum Gasteiger partial charge on any atom is 0.320 e. The summed E-state index contributed by atoms with van der Waals surface area (Å²) in [6.07, 6.45) is -1.34. The number of hydrogen-bond acceptors (Lipinski definition) is 3. The highest BCUT2D eigenvalue weighted by molar-refractivity contribution is 5.72. The van der Waals surface area contributed by atoms with Gasteiger partial charge in [-0.3, -0.25) is 10.1 Å². The number of carboxylic acids is 1. The van der Waals surface area contributed by atoms with Crippen molar-refractivity contribution in [3.8, 4) is 0 Å². The van der Waals surface area contributed by atoms with Crippen LogP contribution in [0.1, 0.15) is 32.4 Å². The van der Waals surface area contributed by atoms with Gasteiger partial charge < -0.3 is 10.2 Å². The average Bonchev–Trinajstić information content (AvgIpc) is 2.37. The van der Waals surface area contributed by atoms with Gasteiger partial charge >= 0.3 is 5.97 Å². The second-order valence-electron chi connectivity index (χ2n) is 5.11. The van der Waals surface area contributed by atoms with Gasteiger partial charge in [0.25, 0.3) is 0 Å². The fourth-order valence-electron chi connectivity index (χ4n) is 1.94. The first kappa shape index (κ1) is 16.5. The predicted octanol–water partition coefficient (Wildman–Crippen LogP) is 2.09. The minimum absolute atomic E-state index is 0.172. The number of aliphatic hydroxyl groups excluding tert-OH is 1. The fraction of sp³-hybridized carbons (Fsp3) is 0.500. The normalized spacial score (nSPS) is 15.9. The Labute approximate surface area is 116 Å². The van der Waals surface area contributed by atoms with E-state index in [0.717, 1.165) is 18.2 Å². The highest BCUT2D eigenvalue weighted by Crippen LogP contribution is 2.25. The SMILES string of the molecule is CC(NC(C(C)C)C(O)c1cc(F)ccc1F)C(=O)O. The van der Waals surface area contributed by atoms with Crippen molar-refractivity contribution in [2.75, 3.05) is 0 Å². The summed E-state index contributed by atoms with van der Waals surface area (Å²) in [5.74, 6) is -2.64. The lowest BCUT2D eigenvalue weighted by Crippen LogP contribution is -2.47. The van der Waals surface area contributed by atoms with Crippen LogP contribution in [0.25, 0.3) is 0 Å². The standard InChI is InChI=1S/C14H19F2NO3/c1-7(2)12(17-8(3)14(19)20)13(18)10-6-9(15)4-5-11(10)16/h4-8,12-13,17-18H,1-3H3,(H,19,20). The molecule has 3 unspecified atom stereocenters. The Kier molecular flexibility index (Phi) is 5.59. The molecule has 1 rings (SSSR count). The van der Waals surface area contributed by atoms with Crippen molar-refractivity contribution >= 4 is 5.97 Å². The molecular formula is C14H19F2NO3. The van der Waals surface area contributed by atoms with Crippen molar-refractivity contribution in [1.29, 1.82) is 0 Å². The zero-order valence-electron chi connectivity index (χ0n) is 11.6. The Morgan fingerprint density at radius 2 is 1.85 bits per heavy atom. The summed E-state index contributed by atoms with van der Waals surface area (Å²) in [4.78, 5) is 10.9. The summed E-state index contributed by atoms with van der Waals surface area (Å²) < 4.78 is 26.8. The molecule has 1 aromatic rings. The van der Waals surface area contributed by atoms with Crippen molar-refractivity contribution in [3.05, 3.63) is 35.4 Å². The van der Waals surface area contributed by atoms with E-state index in [4.69, 9.17) is 5.11 Å². The van der Waals surface area contributed by atoms with Gasteiger partial charge in [-0.05, 0) is 31.0 Å². The zero-order chi connectivity index (χ0) is 15.4. The molecule has 4 nitrogen and oxygen atoms in total. The third-order valence-corrected chi connectivity index (χ3v) is 3.15. The number of rotatable bonds is 6. The van der Waals surface area contributed by atoms with E-state index in [1.807, 2.05) is 0 Å². The molecule has 3 N–H and O–H groups in total. The number of nitrogens with one attached hydrogen (secondary N) is 1. The van der Waals surface area contributed by atoms with Crippen LogP contribution in [0.5, 0.6) is 0 Å². The number of carboxylic acid groups (broad SMARTS) is 1. The molecule has 0 aliphatic rings. The largest absolute Gasteiger partial charge is 0.480 e. The van der Waals surface area contributed by atoms with Gasteiger partial charge in [0.1, 0.15) is 17.7 Å². The summed E-state index contributed by atoms with van der Waals surface area (Å²) in [5.41, 5.74) is -0.186. The van der Waals surface area contributed by atoms with Gasteiger partial charge in [0, 0.05) is 11.6 Å². The molecule has 112 valence electrons. The highest BCUT2D eigenvalue weighted by atomic mass is 19.1. The topological polar surface area (TPSA) is 69.6 Å². The van der Waals surface area contributed by atoms with Crippen molar-refractivity contribution in [2.24, 2.45) is 5.92 Å². The van der Waals surface area contributed by atoms with Gasteiger partial charge in [0.15, 0.2) is 0 Å². The molecule has 3 atom stereocenters. The summed E-state index contributed by atoms with van der Waals surface area (Å²) in [6.45, 7) is 4.94. The lowest BCUT2D eigenvalue weighted by molar-refractivity contribution is -0.139. The lowest BCUT2D eigenvalue weighted by atomic mass is 9.92. The molecule has 1 aromatic carbocycles. The third-order valence-electron chi connectivity index (χ3n) is 3.15. The van der Waals surface area contributed by atoms with Crippen LogP contribution in [-0.4, -0.2) is 28.3 Å². The zero-order valence-corrected chi connectivity index (χ0v) is 11.6. The first-order valence-corrected chi connectivity index (χ1v) is 6.36. The number of halogens is 2. The van der Waals surface area contributed by atoms with Crippen LogP contribution in [-0.2, 0) is 4.79 Å². The van der Waals surface area contributed by atoms with E-state index >= 15 is 0 Å². The quantitative estimate of drug-likeness (QED) is 0.749. The Morgan fingerprint density at radius 1 is 1.25 bits per heavy atom. The lowest BCUT2D eigenvalue weighted by Gasteiger charge is -2.29. The fourth-order valence-corrected chi connectivity index (χ4v) is 1.94. The first-order chi connectivity index (χ1) is 9.23. The maximum atomic E-state index is 13.7. The van der Waals surface area contributed by atoms with E-state index in [0.29, 0.717) is 0 Å². The molecule has 0 aromatic heterocycles. The van der Waals surface area contributed by atoms with E-state index < -0.39 is 35.8 Å². The van der Waals surface area contributed by atoms with Gasteiger partial charge in [0.2, 0.25) is 0 Å². The summed E-state index contributed by atoms with van der Waals surface area (Å²) in [7, 11) is 0. The maximum absolute atomic E-state index is 13.7. The molecule has 0 fully saturated rings. The van der Waals surface area contributed by atoms with E-state index in [2.05, 4.69) is 5.32 Å². The van der Waals surface area contributed by atoms with E-state index in [1.165, 1.54) is 6.92 Å². The molecule has 0 saturated carbocycles. The third kappa shape index (κ3) is 3.98. The van der Waals surface area contributed by atoms with Crippen LogP contribution in [0, 0.1) is 17.6 Å². The van der Waals surface area contributed by atoms with Crippen LogP contribution < -0.4 is 5.32 Å². The molecule has 0 aliphatic carbocycles. The average molecular weight is 287 g/mol. The minimum Gasteiger partial charge on any atom is -0.480 e. The van der Waals surface area contributed by atoms with Gasteiger partial charge in [-0.2, -0.15) is 0 Å². The van der Waals surface area contributed by atoms with Gasteiger partial charge in [-0.1, -0.05) is 13.8 Å². The number of aliphatic carboxylic acids is 1. The molecule has 0 saturated heterocycles. The van der Waals surface area contributed by atoms with Crippen molar-refractivity contribution in [1.82, 2.24) is 5.32 Å². The molecule has 0 bridgehead atoms. The monoisotopic (exact) mass is 287 g/mol. The van der Waals surface area contributed by atoms with Gasteiger partial charge in [-0.25, -0.2) is 8.78 Å². The van der Waals surface area contributed by atoms with Crippen molar-refractivity contribution in [2.45, 2.75) is 39.0 Å². The van der Waals surface area contributed by atoms with Gasteiger partial charge in [-0.15, -0.1) is 0 Å². The number of carbonyl (C=O) groups is 1. The number of benzene rings is 1. The van der Waals surface area contributed by atoms with E-state index in [1.54, 1.807) is 13.8 Å². The Bertz CT molecular complexity index is 479. The number of aliphatic hydroxyl groups is 1. The molecule has 20 heavy (non-hydrogen) atoms.